The molecular weight excluding hydrogens is 318 g/mol. The van der Waals surface area contributed by atoms with Crippen molar-refractivity contribution >= 4 is 33.1 Å². The zero-order valence-corrected chi connectivity index (χ0v) is 12.6. The topological polar surface area (TPSA) is 58.3 Å². The van der Waals surface area contributed by atoms with Gasteiger partial charge in [-0.2, -0.15) is 0 Å². The van der Waals surface area contributed by atoms with Crippen molar-refractivity contribution in [3.8, 4) is 0 Å². The SMILES string of the molecule is Nc1cccc(N2CCN(c3ncncc3Br)CC2)c1. The van der Waals surface area contributed by atoms with Gasteiger partial charge in [0.25, 0.3) is 0 Å². The maximum absolute atomic E-state index is 5.84. The molecule has 1 aliphatic rings. The zero-order chi connectivity index (χ0) is 13.9. The van der Waals surface area contributed by atoms with E-state index in [4.69, 9.17) is 5.73 Å². The Morgan fingerprint density at radius 3 is 2.55 bits per heavy atom. The minimum atomic E-state index is 0.809. The average Bonchev–Trinajstić information content (AvgIpc) is 2.48. The molecule has 20 heavy (non-hydrogen) atoms. The van der Waals surface area contributed by atoms with Crippen LogP contribution in [0.4, 0.5) is 17.2 Å². The second kappa shape index (κ2) is 5.66. The molecule has 0 saturated carbocycles. The highest BCUT2D eigenvalue weighted by molar-refractivity contribution is 9.10. The van der Waals surface area contributed by atoms with Gasteiger partial charge in [-0.1, -0.05) is 6.07 Å². The third-order valence-corrected chi connectivity index (χ3v) is 4.02. The van der Waals surface area contributed by atoms with Crippen LogP contribution in [0.25, 0.3) is 0 Å². The summed E-state index contributed by atoms with van der Waals surface area (Å²) >= 11 is 3.50. The zero-order valence-electron chi connectivity index (χ0n) is 11.0. The minimum Gasteiger partial charge on any atom is -0.399 e. The third-order valence-electron chi connectivity index (χ3n) is 3.46. The van der Waals surface area contributed by atoms with Crippen molar-refractivity contribution in [2.75, 3.05) is 41.7 Å². The average molecular weight is 334 g/mol. The summed E-state index contributed by atoms with van der Waals surface area (Å²) in [6.45, 7) is 3.79. The Morgan fingerprint density at radius 1 is 1.10 bits per heavy atom. The highest BCUT2D eigenvalue weighted by atomic mass is 79.9. The molecule has 0 radical (unpaired) electrons. The largest absolute Gasteiger partial charge is 0.399 e. The number of nitrogens with zero attached hydrogens (tertiary/aromatic N) is 4. The molecule has 5 nitrogen and oxygen atoms in total. The highest BCUT2D eigenvalue weighted by Gasteiger charge is 2.19. The van der Waals surface area contributed by atoms with Crippen LogP contribution in [0.1, 0.15) is 0 Å². The molecular formula is C14H16BrN5. The van der Waals surface area contributed by atoms with Crippen LogP contribution >= 0.6 is 15.9 Å². The predicted molar refractivity (Wildman–Crippen MR) is 85.0 cm³/mol. The molecule has 2 aromatic rings. The van der Waals surface area contributed by atoms with Crippen molar-refractivity contribution in [1.82, 2.24) is 9.97 Å². The summed E-state index contributed by atoms with van der Waals surface area (Å²) in [5.74, 6) is 0.965. The van der Waals surface area contributed by atoms with Gasteiger partial charge in [-0.25, -0.2) is 9.97 Å². The Hall–Kier alpha value is -1.82. The van der Waals surface area contributed by atoms with E-state index in [9.17, 15) is 0 Å². The molecule has 1 saturated heterocycles. The maximum Gasteiger partial charge on any atom is 0.146 e. The van der Waals surface area contributed by atoms with E-state index in [-0.39, 0.29) is 0 Å². The van der Waals surface area contributed by atoms with Gasteiger partial charge < -0.3 is 15.5 Å². The molecule has 2 heterocycles. The lowest BCUT2D eigenvalue weighted by Crippen LogP contribution is -2.47. The van der Waals surface area contributed by atoms with Crippen LogP contribution in [0.15, 0.2) is 41.3 Å². The molecule has 0 spiro atoms. The van der Waals surface area contributed by atoms with Crippen molar-refractivity contribution in [2.45, 2.75) is 0 Å². The molecule has 1 aromatic heterocycles. The van der Waals surface area contributed by atoms with Crippen LogP contribution in [-0.4, -0.2) is 36.1 Å². The maximum atomic E-state index is 5.84. The second-order valence-corrected chi connectivity index (χ2v) is 5.62. The van der Waals surface area contributed by atoms with Gasteiger partial charge in [0.05, 0.1) is 4.47 Å². The second-order valence-electron chi connectivity index (χ2n) is 4.76. The van der Waals surface area contributed by atoms with E-state index in [1.165, 1.54) is 5.69 Å². The first kappa shape index (κ1) is 13.2. The summed E-state index contributed by atoms with van der Waals surface area (Å²) in [6.07, 6.45) is 3.37. The van der Waals surface area contributed by atoms with Crippen molar-refractivity contribution in [1.29, 1.82) is 0 Å². The summed E-state index contributed by atoms with van der Waals surface area (Å²) < 4.78 is 0.942. The Bertz CT molecular complexity index is 596. The van der Waals surface area contributed by atoms with E-state index in [1.54, 1.807) is 12.5 Å². The third kappa shape index (κ3) is 2.70. The Morgan fingerprint density at radius 2 is 1.85 bits per heavy atom. The number of rotatable bonds is 2. The van der Waals surface area contributed by atoms with Crippen molar-refractivity contribution in [3.05, 3.63) is 41.3 Å². The van der Waals surface area contributed by atoms with Gasteiger partial charge in [-0.15, -0.1) is 0 Å². The van der Waals surface area contributed by atoms with Gasteiger partial charge in [-0.3, -0.25) is 0 Å². The fourth-order valence-corrected chi connectivity index (χ4v) is 2.91. The van der Waals surface area contributed by atoms with Crippen LogP contribution in [0, 0.1) is 0 Å². The van der Waals surface area contributed by atoms with Crippen molar-refractivity contribution in [2.24, 2.45) is 0 Å². The highest BCUT2D eigenvalue weighted by Crippen LogP contribution is 2.25. The first-order chi connectivity index (χ1) is 9.74. The number of hydrogen-bond acceptors (Lipinski definition) is 5. The molecule has 0 amide bonds. The molecule has 0 aliphatic carbocycles. The predicted octanol–water partition coefficient (Wildman–Crippen LogP) is 2.15. The van der Waals surface area contributed by atoms with Gasteiger partial charge in [-0.05, 0) is 34.1 Å². The lowest BCUT2D eigenvalue weighted by atomic mass is 10.2. The number of hydrogen-bond donors (Lipinski definition) is 1. The number of anilines is 3. The van der Waals surface area contributed by atoms with Crippen LogP contribution in [0.3, 0.4) is 0 Å². The minimum absolute atomic E-state index is 0.809. The molecule has 0 atom stereocenters. The first-order valence-corrected chi connectivity index (χ1v) is 7.34. The molecule has 1 fully saturated rings. The number of nitrogens with two attached hydrogens (primary N) is 1. The van der Waals surface area contributed by atoms with Crippen LogP contribution in [0.5, 0.6) is 0 Å². The summed E-state index contributed by atoms with van der Waals surface area (Å²) in [4.78, 5) is 13.0. The van der Waals surface area contributed by atoms with Gasteiger partial charge in [0.1, 0.15) is 12.1 Å². The fourth-order valence-electron chi connectivity index (χ4n) is 2.44. The molecule has 6 heteroatoms. The Kier molecular flexibility index (Phi) is 3.73. The first-order valence-electron chi connectivity index (χ1n) is 6.55. The molecule has 1 aliphatic heterocycles. The number of aromatic nitrogens is 2. The summed E-state index contributed by atoms with van der Waals surface area (Å²) in [6, 6.07) is 8.04. The molecule has 0 bridgehead atoms. The van der Waals surface area contributed by atoms with E-state index >= 15 is 0 Å². The van der Waals surface area contributed by atoms with Gasteiger partial charge in [0.2, 0.25) is 0 Å². The van der Waals surface area contributed by atoms with Gasteiger partial charge >= 0.3 is 0 Å². The number of halogens is 1. The molecule has 0 unspecified atom stereocenters. The Balaban J connectivity index is 1.70. The van der Waals surface area contributed by atoms with E-state index in [0.717, 1.165) is 42.2 Å². The number of nitrogen functional groups attached to an aromatic ring is 1. The van der Waals surface area contributed by atoms with E-state index in [0.29, 0.717) is 0 Å². The molecule has 1 aromatic carbocycles. The molecule has 2 N–H and O–H groups in total. The Labute approximate surface area is 126 Å². The van der Waals surface area contributed by atoms with Crippen molar-refractivity contribution in [3.63, 3.8) is 0 Å². The molecule has 3 rings (SSSR count). The van der Waals surface area contributed by atoms with Crippen molar-refractivity contribution < 1.29 is 0 Å². The molecule has 104 valence electrons. The van der Waals surface area contributed by atoms with E-state index < -0.39 is 0 Å². The summed E-state index contributed by atoms with van der Waals surface area (Å²) in [7, 11) is 0. The number of benzene rings is 1. The van der Waals surface area contributed by atoms with Gasteiger partial charge in [0.15, 0.2) is 0 Å². The quantitative estimate of drug-likeness (QED) is 0.853. The monoisotopic (exact) mass is 333 g/mol. The van der Waals surface area contributed by atoms with Crippen LogP contribution in [0.2, 0.25) is 0 Å². The smallest absolute Gasteiger partial charge is 0.146 e. The van der Waals surface area contributed by atoms with Crippen LogP contribution in [-0.2, 0) is 0 Å². The van der Waals surface area contributed by atoms with E-state index in [1.807, 2.05) is 18.2 Å². The lowest BCUT2D eigenvalue weighted by molar-refractivity contribution is 0.645. The van der Waals surface area contributed by atoms with E-state index in [2.05, 4.69) is 41.8 Å². The van der Waals surface area contributed by atoms with Crippen LogP contribution < -0.4 is 15.5 Å². The van der Waals surface area contributed by atoms with Gasteiger partial charge in [0, 0.05) is 43.8 Å². The normalized spacial score (nSPS) is 15.4. The summed E-state index contributed by atoms with van der Waals surface area (Å²) in [5, 5.41) is 0. The fraction of sp³-hybridized carbons (Fsp3) is 0.286. The number of piperazine rings is 1. The summed E-state index contributed by atoms with van der Waals surface area (Å²) in [5.41, 5.74) is 7.84. The standard InChI is InChI=1S/C14H16BrN5/c15-13-9-17-10-18-14(13)20-6-4-19(5-7-20)12-3-1-2-11(16)8-12/h1-3,8-10H,4-7,16H2. The lowest BCUT2D eigenvalue weighted by Gasteiger charge is -2.37.